The molecular weight excluding hydrogens is 388 g/mol. The molecule has 1 aromatic heterocycles. The summed E-state index contributed by atoms with van der Waals surface area (Å²) >= 11 is 0. The summed E-state index contributed by atoms with van der Waals surface area (Å²) in [6, 6.07) is 18.3. The molecule has 0 radical (unpaired) electrons. The highest BCUT2D eigenvalue weighted by Gasteiger charge is 2.28. The molecule has 0 amide bonds. The van der Waals surface area contributed by atoms with Gasteiger partial charge in [0.2, 0.25) is 10.0 Å². The molecule has 1 N–H and O–H groups in total. The molecule has 0 spiro atoms. The van der Waals surface area contributed by atoms with E-state index in [1.165, 1.54) is 11.1 Å². The summed E-state index contributed by atoms with van der Waals surface area (Å²) in [5, 5.41) is 0. The van der Waals surface area contributed by atoms with Gasteiger partial charge in [-0.05, 0) is 53.9 Å². The fourth-order valence-electron chi connectivity index (χ4n) is 3.70. The maximum absolute atomic E-state index is 12.8. The molecule has 4 rings (SSSR count). The summed E-state index contributed by atoms with van der Waals surface area (Å²) < 4.78 is 39.1. The van der Waals surface area contributed by atoms with Gasteiger partial charge in [-0.15, -0.1) is 0 Å². The van der Waals surface area contributed by atoms with Gasteiger partial charge in [0.1, 0.15) is 11.5 Å². The average Bonchev–Trinajstić information content (AvgIpc) is 3.28. The van der Waals surface area contributed by atoms with E-state index in [0.717, 1.165) is 25.3 Å². The summed E-state index contributed by atoms with van der Waals surface area (Å²) in [5.41, 5.74) is 2.62. The van der Waals surface area contributed by atoms with E-state index in [1.54, 1.807) is 37.6 Å². The van der Waals surface area contributed by atoms with Crippen molar-refractivity contribution in [2.45, 2.75) is 23.9 Å². The minimum absolute atomic E-state index is 0.189. The molecule has 0 saturated carbocycles. The van der Waals surface area contributed by atoms with Crippen molar-refractivity contribution in [3.8, 4) is 5.75 Å². The lowest BCUT2D eigenvalue weighted by atomic mass is 9.98. The lowest BCUT2D eigenvalue weighted by molar-refractivity contribution is 0.160. The Balaban J connectivity index is 1.52. The van der Waals surface area contributed by atoms with Crippen molar-refractivity contribution in [2.24, 2.45) is 0 Å². The Bertz CT molecular complexity index is 1050. The summed E-state index contributed by atoms with van der Waals surface area (Å²) in [6.07, 6.45) is 2.55. The second-order valence-corrected chi connectivity index (χ2v) is 8.81. The van der Waals surface area contributed by atoms with Gasteiger partial charge < -0.3 is 9.15 Å². The molecule has 1 atom stereocenters. The summed E-state index contributed by atoms with van der Waals surface area (Å²) in [5.74, 6) is 1.37. The van der Waals surface area contributed by atoms with E-state index in [1.807, 2.05) is 18.2 Å². The van der Waals surface area contributed by atoms with Crippen molar-refractivity contribution in [1.29, 1.82) is 0 Å². The van der Waals surface area contributed by atoms with Gasteiger partial charge in [-0.2, -0.15) is 0 Å². The number of rotatable bonds is 7. The van der Waals surface area contributed by atoms with E-state index in [2.05, 4.69) is 27.8 Å². The second kappa shape index (κ2) is 8.41. The Morgan fingerprint density at radius 1 is 1.07 bits per heavy atom. The van der Waals surface area contributed by atoms with Crippen molar-refractivity contribution in [2.75, 3.05) is 20.2 Å². The highest BCUT2D eigenvalue weighted by Crippen LogP contribution is 2.28. The first-order valence-corrected chi connectivity index (χ1v) is 11.0. The second-order valence-electron chi connectivity index (χ2n) is 7.05. The molecule has 0 fully saturated rings. The number of benzene rings is 2. The third-order valence-corrected chi connectivity index (χ3v) is 6.75. The first-order chi connectivity index (χ1) is 14.1. The van der Waals surface area contributed by atoms with Crippen molar-refractivity contribution in [3.63, 3.8) is 0 Å². The van der Waals surface area contributed by atoms with Crippen LogP contribution in [-0.2, 0) is 23.0 Å². The molecule has 0 bridgehead atoms. The molecule has 7 heteroatoms. The quantitative estimate of drug-likeness (QED) is 0.644. The van der Waals surface area contributed by atoms with Crippen LogP contribution in [0.5, 0.6) is 5.75 Å². The molecule has 2 heterocycles. The van der Waals surface area contributed by atoms with Crippen LogP contribution in [-0.4, -0.2) is 33.5 Å². The van der Waals surface area contributed by atoms with Crippen LogP contribution < -0.4 is 9.46 Å². The van der Waals surface area contributed by atoms with E-state index in [0.29, 0.717) is 5.75 Å². The van der Waals surface area contributed by atoms with E-state index in [4.69, 9.17) is 9.15 Å². The molecule has 0 aliphatic carbocycles. The summed E-state index contributed by atoms with van der Waals surface area (Å²) in [7, 11) is -2.10. The first-order valence-electron chi connectivity index (χ1n) is 9.55. The number of ether oxygens (including phenoxy) is 1. The fourth-order valence-corrected chi connectivity index (χ4v) is 4.74. The maximum atomic E-state index is 12.8. The maximum Gasteiger partial charge on any atom is 0.240 e. The Morgan fingerprint density at radius 2 is 1.83 bits per heavy atom. The molecular formula is C22H24N2O4S. The van der Waals surface area contributed by atoms with Crippen LogP contribution in [0.25, 0.3) is 0 Å². The largest absolute Gasteiger partial charge is 0.497 e. The standard InChI is InChI=1S/C22H24N2O4S/c1-27-19-8-10-20(11-9-19)29(25,26)23-15-21(22-7-4-14-28-22)24-13-12-17-5-2-3-6-18(17)16-24/h2-11,14,21,23H,12-13,15-16H2,1H3/t21-/m1/s1. The highest BCUT2D eigenvalue weighted by molar-refractivity contribution is 7.89. The number of furan rings is 1. The number of sulfonamides is 1. The van der Waals surface area contributed by atoms with Gasteiger partial charge in [-0.25, -0.2) is 13.1 Å². The number of methoxy groups -OCH3 is 1. The van der Waals surface area contributed by atoms with Gasteiger partial charge in [0.15, 0.2) is 0 Å². The number of nitrogens with zero attached hydrogens (tertiary/aromatic N) is 1. The van der Waals surface area contributed by atoms with Crippen LogP contribution in [0, 0.1) is 0 Å². The number of nitrogens with one attached hydrogen (secondary N) is 1. The van der Waals surface area contributed by atoms with Gasteiger partial charge in [-0.3, -0.25) is 4.90 Å². The van der Waals surface area contributed by atoms with E-state index >= 15 is 0 Å². The molecule has 152 valence electrons. The SMILES string of the molecule is COc1ccc(S(=O)(=O)NC[C@H](c2ccco2)N2CCc3ccccc3C2)cc1. The first kappa shape index (κ1) is 19.7. The minimum atomic E-state index is -3.64. The number of hydrogen-bond donors (Lipinski definition) is 1. The van der Waals surface area contributed by atoms with Gasteiger partial charge in [0.05, 0.1) is 24.3 Å². The minimum Gasteiger partial charge on any atom is -0.497 e. The highest BCUT2D eigenvalue weighted by atomic mass is 32.2. The van der Waals surface area contributed by atoms with Crippen LogP contribution in [0.15, 0.2) is 76.2 Å². The predicted molar refractivity (Wildman–Crippen MR) is 110 cm³/mol. The monoisotopic (exact) mass is 412 g/mol. The molecule has 3 aromatic rings. The molecule has 1 aliphatic heterocycles. The third kappa shape index (κ3) is 4.37. The average molecular weight is 413 g/mol. The topological polar surface area (TPSA) is 71.8 Å². The smallest absolute Gasteiger partial charge is 0.240 e. The van der Waals surface area contributed by atoms with Crippen molar-refractivity contribution >= 4 is 10.0 Å². The van der Waals surface area contributed by atoms with Gasteiger partial charge >= 0.3 is 0 Å². The van der Waals surface area contributed by atoms with Crippen molar-refractivity contribution < 1.29 is 17.6 Å². The zero-order valence-corrected chi connectivity index (χ0v) is 17.1. The third-order valence-electron chi connectivity index (χ3n) is 5.31. The lowest BCUT2D eigenvalue weighted by Crippen LogP contribution is -2.40. The zero-order valence-electron chi connectivity index (χ0n) is 16.2. The lowest BCUT2D eigenvalue weighted by Gasteiger charge is -2.34. The van der Waals surface area contributed by atoms with Gasteiger partial charge in [0.25, 0.3) is 0 Å². The van der Waals surface area contributed by atoms with Crippen LogP contribution in [0.4, 0.5) is 0 Å². The molecule has 2 aromatic carbocycles. The van der Waals surface area contributed by atoms with E-state index < -0.39 is 10.0 Å². The van der Waals surface area contributed by atoms with Crippen LogP contribution in [0.3, 0.4) is 0 Å². The zero-order chi connectivity index (χ0) is 20.3. The van der Waals surface area contributed by atoms with E-state index in [9.17, 15) is 8.42 Å². The summed E-state index contributed by atoms with van der Waals surface area (Å²) in [4.78, 5) is 2.47. The normalized spacial score (nSPS) is 15.6. The molecule has 1 aliphatic rings. The fraction of sp³-hybridized carbons (Fsp3) is 0.273. The van der Waals surface area contributed by atoms with Gasteiger partial charge in [0, 0.05) is 19.6 Å². The van der Waals surface area contributed by atoms with Crippen LogP contribution >= 0.6 is 0 Å². The molecule has 6 nitrogen and oxygen atoms in total. The van der Waals surface area contributed by atoms with Crippen LogP contribution in [0.1, 0.15) is 22.9 Å². The molecule has 0 saturated heterocycles. The summed E-state index contributed by atoms with van der Waals surface area (Å²) in [6.45, 7) is 1.82. The Morgan fingerprint density at radius 3 is 2.52 bits per heavy atom. The predicted octanol–water partition coefficient (Wildman–Crippen LogP) is 3.37. The van der Waals surface area contributed by atoms with E-state index in [-0.39, 0.29) is 17.5 Å². The Kier molecular flexibility index (Phi) is 5.71. The Labute approximate surface area is 171 Å². The van der Waals surface area contributed by atoms with Crippen molar-refractivity contribution in [1.82, 2.24) is 9.62 Å². The van der Waals surface area contributed by atoms with Crippen molar-refractivity contribution in [3.05, 3.63) is 83.8 Å². The Hall–Kier alpha value is -2.61. The molecule has 29 heavy (non-hydrogen) atoms. The molecule has 0 unspecified atom stereocenters. The number of hydrogen-bond acceptors (Lipinski definition) is 5. The van der Waals surface area contributed by atoms with Crippen LogP contribution in [0.2, 0.25) is 0 Å². The number of fused-ring (bicyclic) bond motifs is 1. The van der Waals surface area contributed by atoms with Gasteiger partial charge in [-0.1, -0.05) is 24.3 Å².